The SMILES string of the molecule is COc1cccc(CNC(=O)c2cn(-c3ccc(-c4noc(C5CC5)n4)cc3)nc2C)c1. The van der Waals surface area contributed by atoms with Gasteiger partial charge in [-0.2, -0.15) is 10.1 Å². The summed E-state index contributed by atoms with van der Waals surface area (Å²) in [5.74, 6) is 2.32. The first-order valence-corrected chi connectivity index (χ1v) is 10.5. The van der Waals surface area contributed by atoms with E-state index in [1.54, 1.807) is 18.0 Å². The molecule has 8 heteroatoms. The van der Waals surface area contributed by atoms with E-state index in [0.717, 1.165) is 41.3 Å². The summed E-state index contributed by atoms with van der Waals surface area (Å²) in [4.78, 5) is 17.2. The van der Waals surface area contributed by atoms with E-state index < -0.39 is 0 Å². The van der Waals surface area contributed by atoms with Gasteiger partial charge < -0.3 is 14.6 Å². The van der Waals surface area contributed by atoms with Gasteiger partial charge in [0.15, 0.2) is 0 Å². The average Bonchev–Trinajstić information content (AvgIpc) is 3.42. The van der Waals surface area contributed by atoms with E-state index in [9.17, 15) is 4.79 Å². The number of carbonyl (C=O) groups is 1. The molecule has 2 heterocycles. The standard InChI is InChI=1S/C24H23N5O3/c1-15-21(23(30)25-13-16-4-3-5-20(12-16)31-2)14-29(27-15)19-10-8-17(9-11-19)22-26-24(32-28-22)18-6-7-18/h3-5,8-12,14,18H,6-7,13H2,1-2H3,(H,25,30). The molecule has 32 heavy (non-hydrogen) atoms. The van der Waals surface area contributed by atoms with Crippen LogP contribution in [0.1, 0.15) is 46.3 Å². The molecular weight excluding hydrogens is 406 g/mol. The van der Waals surface area contributed by atoms with Gasteiger partial charge in [0, 0.05) is 24.2 Å². The molecule has 8 nitrogen and oxygen atoms in total. The number of aromatic nitrogens is 4. The fourth-order valence-corrected chi connectivity index (χ4v) is 3.49. The van der Waals surface area contributed by atoms with Crippen LogP contribution in [0.5, 0.6) is 5.75 Å². The van der Waals surface area contributed by atoms with Gasteiger partial charge in [-0.1, -0.05) is 17.3 Å². The molecule has 0 spiro atoms. The van der Waals surface area contributed by atoms with Crippen molar-refractivity contribution in [2.24, 2.45) is 0 Å². The monoisotopic (exact) mass is 429 g/mol. The summed E-state index contributed by atoms with van der Waals surface area (Å²) in [6, 6.07) is 15.3. The van der Waals surface area contributed by atoms with Crippen LogP contribution in [0.15, 0.2) is 59.3 Å². The molecule has 5 rings (SSSR count). The Morgan fingerprint density at radius 3 is 2.78 bits per heavy atom. The van der Waals surface area contributed by atoms with Crippen LogP contribution in [0.25, 0.3) is 17.1 Å². The topological polar surface area (TPSA) is 95.1 Å². The van der Waals surface area contributed by atoms with Gasteiger partial charge in [-0.05, 0) is 61.7 Å². The smallest absolute Gasteiger partial charge is 0.255 e. The highest BCUT2D eigenvalue weighted by Gasteiger charge is 2.29. The van der Waals surface area contributed by atoms with Crippen molar-refractivity contribution in [3.63, 3.8) is 0 Å². The number of carbonyl (C=O) groups excluding carboxylic acids is 1. The van der Waals surface area contributed by atoms with Crippen LogP contribution in [0.3, 0.4) is 0 Å². The number of hydrogen-bond donors (Lipinski definition) is 1. The number of ether oxygens (including phenoxy) is 1. The van der Waals surface area contributed by atoms with Gasteiger partial charge >= 0.3 is 0 Å². The molecule has 0 atom stereocenters. The molecule has 1 N–H and O–H groups in total. The van der Waals surface area contributed by atoms with Crippen LogP contribution >= 0.6 is 0 Å². The number of methoxy groups -OCH3 is 1. The van der Waals surface area contributed by atoms with E-state index in [1.807, 2.05) is 55.5 Å². The maximum Gasteiger partial charge on any atom is 0.255 e. The van der Waals surface area contributed by atoms with Gasteiger partial charge in [-0.25, -0.2) is 4.68 Å². The Hall–Kier alpha value is -3.94. The number of benzene rings is 2. The fourth-order valence-electron chi connectivity index (χ4n) is 3.49. The molecule has 1 aliphatic carbocycles. The highest BCUT2D eigenvalue weighted by atomic mass is 16.5. The zero-order chi connectivity index (χ0) is 22.1. The zero-order valence-corrected chi connectivity index (χ0v) is 17.9. The summed E-state index contributed by atoms with van der Waals surface area (Å²) in [6.45, 7) is 2.23. The quantitative estimate of drug-likeness (QED) is 0.476. The summed E-state index contributed by atoms with van der Waals surface area (Å²) in [6.07, 6.45) is 3.98. The average molecular weight is 429 g/mol. The van der Waals surface area contributed by atoms with Crippen molar-refractivity contribution >= 4 is 5.91 Å². The van der Waals surface area contributed by atoms with Gasteiger partial charge in [-0.3, -0.25) is 4.79 Å². The van der Waals surface area contributed by atoms with Crippen molar-refractivity contribution in [3.05, 3.63) is 77.4 Å². The van der Waals surface area contributed by atoms with Crippen LogP contribution in [-0.4, -0.2) is 32.9 Å². The van der Waals surface area contributed by atoms with Gasteiger partial charge in [-0.15, -0.1) is 0 Å². The highest BCUT2D eigenvalue weighted by molar-refractivity contribution is 5.95. The third kappa shape index (κ3) is 4.12. The summed E-state index contributed by atoms with van der Waals surface area (Å²) in [5.41, 5.74) is 3.87. The van der Waals surface area contributed by atoms with Crippen molar-refractivity contribution in [1.29, 1.82) is 0 Å². The van der Waals surface area contributed by atoms with Crippen molar-refractivity contribution < 1.29 is 14.1 Å². The summed E-state index contributed by atoms with van der Waals surface area (Å²) >= 11 is 0. The Morgan fingerprint density at radius 1 is 1.22 bits per heavy atom. The summed E-state index contributed by atoms with van der Waals surface area (Å²) in [7, 11) is 1.62. The maximum absolute atomic E-state index is 12.7. The molecule has 2 aromatic heterocycles. The predicted octanol–water partition coefficient (Wildman–Crippen LogP) is 4.05. The van der Waals surface area contributed by atoms with E-state index in [1.165, 1.54) is 0 Å². The normalized spacial score (nSPS) is 13.2. The number of hydrogen-bond acceptors (Lipinski definition) is 6. The number of amides is 1. The molecule has 4 aromatic rings. The lowest BCUT2D eigenvalue weighted by molar-refractivity contribution is 0.0950. The summed E-state index contributed by atoms with van der Waals surface area (Å²) in [5, 5.41) is 11.5. The molecule has 1 aliphatic rings. The minimum absolute atomic E-state index is 0.174. The van der Waals surface area contributed by atoms with Crippen LogP contribution < -0.4 is 10.1 Å². The lowest BCUT2D eigenvalue weighted by Gasteiger charge is -2.06. The Bertz CT molecular complexity index is 1250. The first-order chi connectivity index (χ1) is 15.6. The minimum Gasteiger partial charge on any atom is -0.497 e. The van der Waals surface area contributed by atoms with Crippen molar-refractivity contribution in [3.8, 4) is 22.8 Å². The number of rotatable bonds is 7. The first-order valence-electron chi connectivity index (χ1n) is 10.5. The fraction of sp³-hybridized carbons (Fsp3) is 0.250. The van der Waals surface area contributed by atoms with Gasteiger partial charge in [0.25, 0.3) is 5.91 Å². The molecule has 0 radical (unpaired) electrons. The molecule has 1 amide bonds. The minimum atomic E-state index is -0.174. The van der Waals surface area contributed by atoms with Gasteiger partial charge in [0.1, 0.15) is 5.75 Å². The lowest BCUT2D eigenvalue weighted by atomic mass is 10.2. The Kier molecular flexibility index (Phi) is 5.18. The Morgan fingerprint density at radius 2 is 2.03 bits per heavy atom. The lowest BCUT2D eigenvalue weighted by Crippen LogP contribution is -2.23. The number of aryl methyl sites for hydroxylation is 1. The van der Waals surface area contributed by atoms with Crippen LogP contribution in [0.2, 0.25) is 0 Å². The largest absolute Gasteiger partial charge is 0.497 e. The molecule has 1 saturated carbocycles. The molecule has 1 fully saturated rings. The molecule has 0 bridgehead atoms. The van der Waals surface area contributed by atoms with Crippen molar-refractivity contribution in [2.75, 3.05) is 7.11 Å². The number of nitrogens with one attached hydrogen (secondary N) is 1. The first kappa shape index (κ1) is 20.0. The molecule has 0 aliphatic heterocycles. The Labute approximate surface area is 185 Å². The van der Waals surface area contributed by atoms with E-state index in [4.69, 9.17) is 9.26 Å². The third-order valence-electron chi connectivity index (χ3n) is 5.49. The van der Waals surface area contributed by atoms with Crippen LogP contribution in [0.4, 0.5) is 0 Å². The second-order valence-corrected chi connectivity index (χ2v) is 7.88. The van der Waals surface area contributed by atoms with Crippen LogP contribution in [-0.2, 0) is 6.54 Å². The zero-order valence-electron chi connectivity index (χ0n) is 17.9. The Balaban J connectivity index is 1.28. The predicted molar refractivity (Wildman–Crippen MR) is 118 cm³/mol. The summed E-state index contributed by atoms with van der Waals surface area (Å²) < 4.78 is 12.3. The van der Waals surface area contributed by atoms with E-state index >= 15 is 0 Å². The third-order valence-corrected chi connectivity index (χ3v) is 5.49. The highest BCUT2D eigenvalue weighted by Crippen LogP contribution is 2.39. The van der Waals surface area contributed by atoms with E-state index in [-0.39, 0.29) is 5.91 Å². The maximum atomic E-state index is 12.7. The second kappa shape index (κ2) is 8.30. The molecule has 2 aromatic carbocycles. The second-order valence-electron chi connectivity index (χ2n) is 7.88. The number of nitrogens with zero attached hydrogens (tertiary/aromatic N) is 4. The van der Waals surface area contributed by atoms with E-state index in [0.29, 0.717) is 29.5 Å². The molecular formula is C24H23N5O3. The van der Waals surface area contributed by atoms with Crippen molar-refractivity contribution in [2.45, 2.75) is 32.2 Å². The molecule has 0 saturated heterocycles. The van der Waals surface area contributed by atoms with E-state index in [2.05, 4.69) is 20.6 Å². The van der Waals surface area contributed by atoms with Gasteiger partial charge in [0.05, 0.1) is 24.1 Å². The molecule has 162 valence electrons. The molecule has 0 unspecified atom stereocenters. The van der Waals surface area contributed by atoms with Crippen LogP contribution in [0, 0.1) is 6.92 Å². The van der Waals surface area contributed by atoms with Gasteiger partial charge in [0.2, 0.25) is 11.7 Å². The van der Waals surface area contributed by atoms with Crippen molar-refractivity contribution in [1.82, 2.24) is 25.2 Å².